The fraction of sp³-hybridized carbons (Fsp3) is 0.455. The number of aryl methyl sites for hydroxylation is 1. The molecule has 6 heteroatoms. The number of nitrogens with one attached hydrogen (secondary N) is 1. The average molecular weight is 255 g/mol. The van der Waals surface area contributed by atoms with Crippen LogP contribution in [0.5, 0.6) is 0 Å². The van der Waals surface area contributed by atoms with E-state index in [0.717, 1.165) is 11.3 Å². The zero-order valence-electron chi connectivity index (χ0n) is 9.04. The van der Waals surface area contributed by atoms with Crippen molar-refractivity contribution in [2.45, 2.75) is 31.6 Å². The van der Waals surface area contributed by atoms with E-state index >= 15 is 0 Å². The zero-order valence-corrected chi connectivity index (χ0v) is 9.86. The molecule has 0 bridgehead atoms. The van der Waals surface area contributed by atoms with Crippen molar-refractivity contribution in [1.29, 1.82) is 0 Å². The molecular formula is C11H11F2N3S. The van der Waals surface area contributed by atoms with Gasteiger partial charge in [-0.1, -0.05) is 0 Å². The fourth-order valence-electron chi connectivity index (χ4n) is 2.05. The Morgan fingerprint density at radius 3 is 3.00 bits per heavy atom. The third kappa shape index (κ3) is 1.86. The van der Waals surface area contributed by atoms with Crippen LogP contribution in [0.1, 0.15) is 29.8 Å². The van der Waals surface area contributed by atoms with Gasteiger partial charge in [0.2, 0.25) is 0 Å². The molecule has 17 heavy (non-hydrogen) atoms. The van der Waals surface area contributed by atoms with Gasteiger partial charge in [-0.05, 0) is 19.3 Å². The van der Waals surface area contributed by atoms with Gasteiger partial charge in [-0.2, -0.15) is 8.78 Å². The van der Waals surface area contributed by atoms with Crippen molar-refractivity contribution in [2.75, 3.05) is 0 Å². The lowest BCUT2D eigenvalue weighted by Crippen LogP contribution is -2.13. The smallest absolute Gasteiger partial charge is 0.290 e. The number of alkyl halides is 2. The second-order valence-corrected chi connectivity index (χ2v) is 5.25. The normalized spacial score (nSPS) is 18.7. The van der Waals surface area contributed by atoms with E-state index in [2.05, 4.69) is 15.0 Å². The van der Waals surface area contributed by atoms with Crippen LogP contribution in [0.3, 0.4) is 0 Å². The van der Waals surface area contributed by atoms with Crippen LogP contribution in [0.15, 0.2) is 12.5 Å². The maximum atomic E-state index is 13.8. The van der Waals surface area contributed by atoms with Gasteiger partial charge >= 0.3 is 0 Å². The molecule has 1 aliphatic carbocycles. The third-order valence-corrected chi connectivity index (χ3v) is 4.07. The second-order valence-electron chi connectivity index (χ2n) is 4.17. The molecule has 90 valence electrons. The molecule has 0 unspecified atom stereocenters. The quantitative estimate of drug-likeness (QED) is 0.794. The van der Waals surface area contributed by atoms with Gasteiger partial charge < -0.3 is 4.98 Å². The Kier molecular flexibility index (Phi) is 2.47. The molecule has 0 fully saturated rings. The summed E-state index contributed by atoms with van der Waals surface area (Å²) < 4.78 is 27.7. The summed E-state index contributed by atoms with van der Waals surface area (Å²) in [6.07, 6.45) is 5.13. The van der Waals surface area contributed by atoms with Crippen LogP contribution in [-0.2, 0) is 12.3 Å². The van der Waals surface area contributed by atoms with Crippen molar-refractivity contribution >= 4 is 11.3 Å². The molecule has 0 saturated carbocycles. The molecule has 0 amide bonds. The first-order chi connectivity index (χ1) is 8.17. The van der Waals surface area contributed by atoms with Crippen molar-refractivity contribution in [3.63, 3.8) is 0 Å². The number of aromatic amines is 1. The highest BCUT2D eigenvalue weighted by Crippen LogP contribution is 2.42. The molecule has 2 aromatic heterocycles. The Morgan fingerprint density at radius 1 is 1.35 bits per heavy atom. The van der Waals surface area contributed by atoms with Crippen LogP contribution in [0, 0.1) is 0 Å². The summed E-state index contributed by atoms with van der Waals surface area (Å²) in [6, 6.07) is 0. The van der Waals surface area contributed by atoms with Crippen molar-refractivity contribution in [3.05, 3.63) is 23.1 Å². The Bertz CT molecular complexity index is 519. The maximum absolute atomic E-state index is 13.8. The van der Waals surface area contributed by atoms with Gasteiger partial charge in [-0.15, -0.1) is 11.3 Å². The number of hydrogen-bond donors (Lipinski definition) is 1. The minimum absolute atomic E-state index is 0.0235. The van der Waals surface area contributed by atoms with E-state index in [4.69, 9.17) is 0 Å². The van der Waals surface area contributed by atoms with Gasteiger partial charge in [0.05, 0.1) is 18.2 Å². The van der Waals surface area contributed by atoms with E-state index < -0.39 is 5.92 Å². The molecule has 0 saturated heterocycles. The molecule has 0 radical (unpaired) electrons. The molecule has 0 aromatic carbocycles. The monoisotopic (exact) mass is 255 g/mol. The summed E-state index contributed by atoms with van der Waals surface area (Å²) in [6.45, 7) is 0. The minimum Gasteiger partial charge on any atom is -0.343 e. The number of nitrogens with zero attached hydrogens (tertiary/aromatic N) is 2. The minimum atomic E-state index is -2.78. The Hall–Kier alpha value is -1.30. The summed E-state index contributed by atoms with van der Waals surface area (Å²) in [5.41, 5.74) is 0.684. The molecule has 0 spiro atoms. The molecule has 1 N–H and O–H groups in total. The summed E-state index contributed by atoms with van der Waals surface area (Å²) in [4.78, 5) is 11.6. The molecule has 3 nitrogen and oxygen atoms in total. The summed E-state index contributed by atoms with van der Waals surface area (Å²) >= 11 is 1.35. The Morgan fingerprint density at radius 2 is 2.24 bits per heavy atom. The van der Waals surface area contributed by atoms with Crippen LogP contribution >= 0.6 is 11.3 Å². The van der Waals surface area contributed by atoms with Gasteiger partial charge in [-0.3, -0.25) is 0 Å². The Balaban J connectivity index is 2.07. The van der Waals surface area contributed by atoms with E-state index in [1.807, 2.05) is 0 Å². The van der Waals surface area contributed by atoms with Gasteiger partial charge in [0.25, 0.3) is 5.92 Å². The second kappa shape index (κ2) is 3.87. The Labute approximate surface area is 101 Å². The predicted molar refractivity (Wildman–Crippen MR) is 61.1 cm³/mol. The summed E-state index contributed by atoms with van der Waals surface area (Å²) in [5, 5.41) is 0.606. The number of imidazole rings is 1. The largest absolute Gasteiger partial charge is 0.343 e. The molecule has 2 heterocycles. The van der Waals surface area contributed by atoms with Gasteiger partial charge in [0.15, 0.2) is 0 Å². The van der Waals surface area contributed by atoms with Gasteiger partial charge in [0, 0.05) is 11.3 Å². The summed E-state index contributed by atoms with van der Waals surface area (Å²) in [7, 11) is 0. The van der Waals surface area contributed by atoms with Crippen LogP contribution in [0.2, 0.25) is 0 Å². The molecule has 0 atom stereocenters. The highest BCUT2D eigenvalue weighted by atomic mass is 32.1. The standard InChI is InChI=1S/C11H11F2N3S/c12-11(13)4-2-1-3-8-9(11)16-10(17-8)7-5-14-6-15-7/h5-6H,1-4H2,(H,14,15). The maximum Gasteiger partial charge on any atom is 0.290 e. The fourth-order valence-corrected chi connectivity index (χ4v) is 3.18. The topological polar surface area (TPSA) is 41.6 Å². The lowest BCUT2D eigenvalue weighted by molar-refractivity contribution is -0.0174. The molecule has 3 rings (SSSR count). The third-order valence-electron chi connectivity index (χ3n) is 2.92. The highest BCUT2D eigenvalue weighted by Gasteiger charge is 2.38. The highest BCUT2D eigenvalue weighted by molar-refractivity contribution is 7.15. The molecule has 2 aromatic rings. The SMILES string of the molecule is FC1(F)CCCCc2sc(-c3cnc[nH]3)nc21. The lowest BCUT2D eigenvalue weighted by atomic mass is 10.1. The predicted octanol–water partition coefficient (Wildman–Crippen LogP) is 3.35. The van der Waals surface area contributed by atoms with E-state index in [0.29, 0.717) is 23.5 Å². The number of halogens is 2. The van der Waals surface area contributed by atoms with Crippen molar-refractivity contribution in [2.24, 2.45) is 0 Å². The first-order valence-electron chi connectivity index (χ1n) is 5.53. The average Bonchev–Trinajstić information content (AvgIpc) is 2.91. The van der Waals surface area contributed by atoms with Crippen LogP contribution in [0.4, 0.5) is 8.78 Å². The lowest BCUT2D eigenvalue weighted by Gasteiger charge is -2.11. The van der Waals surface area contributed by atoms with E-state index in [-0.39, 0.29) is 12.1 Å². The van der Waals surface area contributed by atoms with Gasteiger partial charge in [-0.25, -0.2) is 9.97 Å². The van der Waals surface area contributed by atoms with Crippen LogP contribution in [0.25, 0.3) is 10.7 Å². The first-order valence-corrected chi connectivity index (χ1v) is 6.35. The van der Waals surface area contributed by atoms with Crippen LogP contribution in [-0.4, -0.2) is 15.0 Å². The van der Waals surface area contributed by atoms with Crippen molar-refractivity contribution in [1.82, 2.24) is 15.0 Å². The van der Waals surface area contributed by atoms with E-state index in [1.165, 1.54) is 17.7 Å². The number of hydrogen-bond acceptors (Lipinski definition) is 3. The number of fused-ring (bicyclic) bond motifs is 1. The number of rotatable bonds is 1. The van der Waals surface area contributed by atoms with Crippen molar-refractivity contribution in [3.8, 4) is 10.7 Å². The molecule has 0 aliphatic heterocycles. The number of thiazole rings is 1. The van der Waals surface area contributed by atoms with Crippen molar-refractivity contribution < 1.29 is 8.78 Å². The zero-order chi connectivity index (χ0) is 11.9. The number of aromatic nitrogens is 3. The first kappa shape index (κ1) is 10.8. The summed E-state index contributed by atoms with van der Waals surface area (Å²) in [5.74, 6) is -2.78. The van der Waals surface area contributed by atoms with Gasteiger partial charge in [0.1, 0.15) is 10.7 Å². The number of H-pyrrole nitrogens is 1. The molecular weight excluding hydrogens is 244 g/mol. The van der Waals surface area contributed by atoms with Crippen LogP contribution < -0.4 is 0 Å². The van der Waals surface area contributed by atoms with E-state index in [9.17, 15) is 8.78 Å². The molecule has 1 aliphatic rings. The van der Waals surface area contributed by atoms with E-state index in [1.54, 1.807) is 6.20 Å².